The van der Waals surface area contributed by atoms with Crippen molar-refractivity contribution in [1.29, 1.82) is 0 Å². The van der Waals surface area contributed by atoms with E-state index >= 15 is 0 Å². The first-order chi connectivity index (χ1) is 5.96. The molecule has 13 heavy (non-hydrogen) atoms. The van der Waals surface area contributed by atoms with Crippen LogP contribution >= 0.6 is 0 Å². The highest BCUT2D eigenvalue weighted by Gasteiger charge is 2.54. The van der Waals surface area contributed by atoms with Gasteiger partial charge in [-0.1, -0.05) is 27.7 Å². The van der Waals surface area contributed by atoms with Gasteiger partial charge in [0.2, 0.25) is 0 Å². The van der Waals surface area contributed by atoms with Gasteiger partial charge in [0.05, 0.1) is 6.10 Å². The standard InChI is InChI=1S/C12H22O/c1-7-8(2)10-6-5-9(7)11(13)12(10,3)4/h7-11,13H,5-6H2,1-4H3/t7-,8+,9+,10-,11-/m1/s1. The van der Waals surface area contributed by atoms with Crippen molar-refractivity contribution in [3.05, 3.63) is 0 Å². The minimum absolute atomic E-state index is 0.0579. The Balaban J connectivity index is 2.32. The fourth-order valence-corrected chi connectivity index (χ4v) is 3.92. The van der Waals surface area contributed by atoms with E-state index in [-0.39, 0.29) is 11.5 Å². The second-order valence-electron chi connectivity index (χ2n) is 5.83. The third kappa shape index (κ3) is 1.09. The van der Waals surface area contributed by atoms with Crippen LogP contribution < -0.4 is 0 Å². The summed E-state index contributed by atoms with van der Waals surface area (Å²) in [6.45, 7) is 9.18. The molecule has 1 nitrogen and oxygen atoms in total. The van der Waals surface area contributed by atoms with Crippen molar-refractivity contribution >= 4 is 0 Å². The van der Waals surface area contributed by atoms with Crippen LogP contribution in [0.4, 0.5) is 0 Å². The van der Waals surface area contributed by atoms with Crippen LogP contribution in [0, 0.1) is 29.1 Å². The molecule has 2 bridgehead atoms. The lowest BCUT2D eigenvalue weighted by Crippen LogP contribution is -2.56. The second kappa shape index (κ2) is 2.73. The highest BCUT2D eigenvalue weighted by molar-refractivity contribution is 5.03. The summed E-state index contributed by atoms with van der Waals surface area (Å²) in [6, 6.07) is 0. The van der Waals surface area contributed by atoms with Crippen LogP contribution in [0.5, 0.6) is 0 Å². The molecule has 0 aromatic carbocycles. The summed E-state index contributed by atoms with van der Waals surface area (Å²) in [4.78, 5) is 0. The molecule has 0 aromatic heterocycles. The number of hydrogen-bond donors (Lipinski definition) is 1. The summed E-state index contributed by atoms with van der Waals surface area (Å²) >= 11 is 0. The lowest BCUT2D eigenvalue weighted by atomic mass is 9.49. The number of aliphatic hydroxyl groups is 1. The van der Waals surface area contributed by atoms with Gasteiger partial charge in [0.25, 0.3) is 0 Å². The van der Waals surface area contributed by atoms with Gasteiger partial charge in [-0.3, -0.25) is 0 Å². The topological polar surface area (TPSA) is 20.2 Å². The van der Waals surface area contributed by atoms with Gasteiger partial charge in [-0.2, -0.15) is 0 Å². The van der Waals surface area contributed by atoms with Crippen molar-refractivity contribution in [2.24, 2.45) is 29.1 Å². The number of fused-ring (bicyclic) bond motifs is 3. The van der Waals surface area contributed by atoms with Crippen LogP contribution in [0.2, 0.25) is 0 Å². The maximum Gasteiger partial charge on any atom is 0.0624 e. The van der Waals surface area contributed by atoms with Gasteiger partial charge in [-0.25, -0.2) is 0 Å². The Morgan fingerprint density at radius 3 is 2.23 bits per heavy atom. The molecule has 3 aliphatic rings. The predicted molar refractivity (Wildman–Crippen MR) is 54.3 cm³/mol. The molecule has 0 heterocycles. The van der Waals surface area contributed by atoms with Gasteiger partial charge in [0.15, 0.2) is 0 Å². The molecule has 1 N–H and O–H groups in total. The van der Waals surface area contributed by atoms with Crippen LogP contribution in [0.3, 0.4) is 0 Å². The first kappa shape index (κ1) is 9.51. The lowest BCUT2D eigenvalue weighted by Gasteiger charge is -2.58. The Morgan fingerprint density at radius 1 is 1.08 bits per heavy atom. The summed E-state index contributed by atoms with van der Waals surface area (Å²) in [5, 5.41) is 10.2. The average molecular weight is 182 g/mol. The largest absolute Gasteiger partial charge is 0.392 e. The molecule has 0 radical (unpaired) electrons. The molecule has 0 aliphatic heterocycles. The third-order valence-electron chi connectivity index (χ3n) is 5.07. The first-order valence-corrected chi connectivity index (χ1v) is 5.64. The molecule has 1 heteroatoms. The van der Waals surface area contributed by atoms with Crippen molar-refractivity contribution in [3.8, 4) is 0 Å². The zero-order valence-corrected chi connectivity index (χ0v) is 9.25. The Hall–Kier alpha value is -0.0400. The van der Waals surface area contributed by atoms with Crippen molar-refractivity contribution in [2.75, 3.05) is 0 Å². The van der Waals surface area contributed by atoms with Crippen LogP contribution in [-0.2, 0) is 0 Å². The minimum Gasteiger partial charge on any atom is -0.392 e. The maximum absolute atomic E-state index is 10.2. The van der Waals surface area contributed by atoms with Crippen molar-refractivity contribution in [1.82, 2.24) is 0 Å². The monoisotopic (exact) mass is 182 g/mol. The highest BCUT2D eigenvalue weighted by Crippen LogP contribution is 2.57. The smallest absolute Gasteiger partial charge is 0.0624 e. The quantitative estimate of drug-likeness (QED) is 0.610. The summed E-state index contributed by atoms with van der Waals surface area (Å²) < 4.78 is 0. The van der Waals surface area contributed by atoms with E-state index in [4.69, 9.17) is 0 Å². The molecule has 0 aromatic rings. The van der Waals surface area contributed by atoms with E-state index < -0.39 is 0 Å². The maximum atomic E-state index is 10.2. The fourth-order valence-electron chi connectivity index (χ4n) is 3.92. The Kier molecular flexibility index (Phi) is 1.99. The van der Waals surface area contributed by atoms with Crippen molar-refractivity contribution < 1.29 is 5.11 Å². The molecule has 3 aliphatic carbocycles. The van der Waals surface area contributed by atoms with Crippen LogP contribution in [0.1, 0.15) is 40.5 Å². The van der Waals surface area contributed by atoms with Gasteiger partial charge >= 0.3 is 0 Å². The molecular formula is C12H22O. The normalized spacial score (nSPS) is 53.8. The molecule has 3 fully saturated rings. The van der Waals surface area contributed by atoms with Crippen molar-refractivity contribution in [3.63, 3.8) is 0 Å². The van der Waals surface area contributed by atoms with Crippen LogP contribution in [0.15, 0.2) is 0 Å². The zero-order chi connectivity index (χ0) is 9.80. The summed E-state index contributed by atoms with van der Waals surface area (Å²) in [5.74, 6) is 2.83. The summed E-state index contributed by atoms with van der Waals surface area (Å²) in [7, 11) is 0. The molecule has 0 amide bonds. The SMILES string of the molecule is C[C@@H]1[C@H](C)[C@H]2CC[C@@H]1[C@@H](O)C2(C)C. The molecule has 0 unspecified atom stereocenters. The van der Waals surface area contributed by atoms with E-state index in [9.17, 15) is 5.11 Å². The van der Waals surface area contributed by atoms with E-state index in [1.165, 1.54) is 12.8 Å². The molecular weight excluding hydrogens is 160 g/mol. The molecule has 3 saturated carbocycles. The predicted octanol–water partition coefficient (Wildman–Crippen LogP) is 2.69. The number of rotatable bonds is 0. The number of aliphatic hydroxyl groups excluding tert-OH is 1. The lowest BCUT2D eigenvalue weighted by molar-refractivity contribution is -0.157. The number of hydrogen-bond acceptors (Lipinski definition) is 1. The zero-order valence-electron chi connectivity index (χ0n) is 9.25. The van der Waals surface area contributed by atoms with Crippen molar-refractivity contribution in [2.45, 2.75) is 46.6 Å². The van der Waals surface area contributed by atoms with Gasteiger partial charge in [-0.05, 0) is 41.9 Å². The Labute approximate surface area is 81.5 Å². The van der Waals surface area contributed by atoms with E-state index in [0.717, 1.165) is 17.8 Å². The summed E-state index contributed by atoms with van der Waals surface area (Å²) in [6.07, 6.45) is 2.53. The van der Waals surface area contributed by atoms with E-state index in [0.29, 0.717) is 5.92 Å². The molecule has 0 spiro atoms. The molecule has 76 valence electrons. The summed E-state index contributed by atoms with van der Waals surface area (Å²) in [5.41, 5.74) is 0.162. The average Bonchev–Trinajstić information content (AvgIpc) is 2.06. The van der Waals surface area contributed by atoms with Gasteiger partial charge in [0.1, 0.15) is 0 Å². The highest BCUT2D eigenvalue weighted by atomic mass is 16.3. The third-order valence-corrected chi connectivity index (χ3v) is 5.07. The Bertz CT molecular complexity index is 209. The van der Waals surface area contributed by atoms with E-state index in [1.54, 1.807) is 0 Å². The Morgan fingerprint density at radius 2 is 1.69 bits per heavy atom. The second-order valence-corrected chi connectivity index (χ2v) is 5.83. The van der Waals surface area contributed by atoms with Crippen LogP contribution in [0.25, 0.3) is 0 Å². The first-order valence-electron chi connectivity index (χ1n) is 5.64. The molecule has 3 rings (SSSR count). The van der Waals surface area contributed by atoms with Gasteiger partial charge in [-0.15, -0.1) is 0 Å². The van der Waals surface area contributed by atoms with Crippen LogP contribution in [-0.4, -0.2) is 11.2 Å². The van der Waals surface area contributed by atoms with Gasteiger partial charge in [0, 0.05) is 0 Å². The van der Waals surface area contributed by atoms with E-state index in [1.807, 2.05) is 0 Å². The van der Waals surface area contributed by atoms with Gasteiger partial charge < -0.3 is 5.11 Å². The fraction of sp³-hybridized carbons (Fsp3) is 1.00. The molecule has 0 saturated heterocycles. The molecule has 5 atom stereocenters. The van der Waals surface area contributed by atoms with E-state index in [2.05, 4.69) is 27.7 Å². The minimum atomic E-state index is -0.0579.